The summed E-state index contributed by atoms with van der Waals surface area (Å²) in [4.78, 5) is 12.2. The Morgan fingerprint density at radius 2 is 2.12 bits per heavy atom. The third-order valence-electron chi connectivity index (χ3n) is 3.73. The maximum absolute atomic E-state index is 12.2. The summed E-state index contributed by atoms with van der Waals surface area (Å²) in [6, 6.07) is 14.8. The molecular weight excluding hydrogens is 350 g/mol. The molecule has 0 aliphatic carbocycles. The molecule has 0 heterocycles. The summed E-state index contributed by atoms with van der Waals surface area (Å²) in [5.74, 6) is 0.313. The molecule has 2 rings (SSSR count). The molecule has 0 spiro atoms. The molecule has 2 N–H and O–H groups in total. The third kappa shape index (κ3) is 5.54. The van der Waals surface area contributed by atoms with E-state index in [2.05, 4.69) is 10.6 Å². The molecule has 0 aliphatic rings. The van der Waals surface area contributed by atoms with Crippen LogP contribution in [0.3, 0.4) is 0 Å². The molecule has 1 amide bonds. The van der Waals surface area contributed by atoms with Crippen molar-refractivity contribution in [3.63, 3.8) is 0 Å². The number of carbonyl (C=O) groups is 1. The number of amides is 1. The fourth-order valence-electron chi connectivity index (χ4n) is 2.24. The van der Waals surface area contributed by atoms with Gasteiger partial charge in [-0.3, -0.25) is 4.79 Å². The van der Waals surface area contributed by atoms with Crippen molar-refractivity contribution in [2.24, 2.45) is 0 Å². The van der Waals surface area contributed by atoms with E-state index >= 15 is 0 Å². The maximum Gasteiger partial charge on any atom is 0.267 e. The van der Waals surface area contributed by atoms with Crippen LogP contribution < -0.4 is 15.4 Å². The molecule has 0 aliphatic heterocycles. The van der Waals surface area contributed by atoms with Gasteiger partial charge in [0.25, 0.3) is 5.91 Å². The van der Waals surface area contributed by atoms with Crippen molar-refractivity contribution in [3.05, 3.63) is 70.4 Å². The second-order valence-electron chi connectivity index (χ2n) is 5.64. The molecule has 0 atom stereocenters. The van der Waals surface area contributed by atoms with Gasteiger partial charge in [-0.25, -0.2) is 0 Å². The lowest BCUT2D eigenvalue weighted by Crippen LogP contribution is -2.18. The molecule has 6 heteroatoms. The van der Waals surface area contributed by atoms with Crippen molar-refractivity contribution in [2.75, 3.05) is 19.0 Å². The molecule has 0 bridgehead atoms. The fourth-order valence-corrected chi connectivity index (χ4v) is 2.42. The lowest BCUT2D eigenvalue weighted by Gasteiger charge is -2.07. The zero-order valence-electron chi connectivity index (χ0n) is 14.7. The SMILES string of the molecule is COc1cccc(CCN/C=C(/C#N)C(=O)Nc2ccc(C)c(Cl)c2)c1. The van der Waals surface area contributed by atoms with Crippen LogP contribution in [0.5, 0.6) is 5.75 Å². The number of hydrogen-bond donors (Lipinski definition) is 2. The Kier molecular flexibility index (Phi) is 7.07. The number of halogens is 1. The van der Waals surface area contributed by atoms with E-state index in [1.807, 2.05) is 37.3 Å². The molecule has 2 aromatic rings. The number of anilines is 1. The minimum absolute atomic E-state index is 0.00709. The summed E-state index contributed by atoms with van der Waals surface area (Å²) >= 11 is 6.04. The Morgan fingerprint density at radius 3 is 2.81 bits per heavy atom. The van der Waals surface area contributed by atoms with E-state index in [1.54, 1.807) is 25.3 Å². The van der Waals surface area contributed by atoms with E-state index in [1.165, 1.54) is 6.20 Å². The number of nitrogens with one attached hydrogen (secondary N) is 2. The van der Waals surface area contributed by atoms with E-state index in [0.717, 1.165) is 23.3 Å². The van der Waals surface area contributed by atoms with Gasteiger partial charge >= 0.3 is 0 Å². The van der Waals surface area contributed by atoms with E-state index in [-0.39, 0.29) is 5.57 Å². The smallest absolute Gasteiger partial charge is 0.267 e. The minimum atomic E-state index is -0.485. The normalized spacial score (nSPS) is 10.8. The molecule has 134 valence electrons. The van der Waals surface area contributed by atoms with Crippen LogP contribution >= 0.6 is 11.6 Å². The summed E-state index contributed by atoms with van der Waals surface area (Å²) in [6.07, 6.45) is 2.16. The van der Waals surface area contributed by atoms with Gasteiger partial charge in [-0.1, -0.05) is 29.8 Å². The van der Waals surface area contributed by atoms with Gasteiger partial charge in [0.1, 0.15) is 17.4 Å². The zero-order chi connectivity index (χ0) is 18.9. The standard InChI is InChI=1S/C20H20ClN3O2/c1-14-6-7-17(11-19(14)21)24-20(25)16(12-22)13-23-9-8-15-4-3-5-18(10-15)26-2/h3-7,10-11,13,23H,8-9H2,1-2H3,(H,24,25)/b16-13-. The Morgan fingerprint density at radius 1 is 1.31 bits per heavy atom. The highest BCUT2D eigenvalue weighted by Crippen LogP contribution is 2.20. The van der Waals surface area contributed by atoms with Gasteiger partial charge < -0.3 is 15.4 Å². The van der Waals surface area contributed by atoms with Gasteiger partial charge in [-0.2, -0.15) is 5.26 Å². The molecule has 0 saturated carbocycles. The molecule has 0 radical (unpaired) electrons. The van der Waals surface area contributed by atoms with Crippen molar-refractivity contribution in [3.8, 4) is 11.8 Å². The van der Waals surface area contributed by atoms with Gasteiger partial charge in [0, 0.05) is 23.5 Å². The van der Waals surface area contributed by atoms with Crippen LogP contribution in [0.25, 0.3) is 0 Å². The lowest BCUT2D eigenvalue weighted by atomic mass is 10.1. The second-order valence-corrected chi connectivity index (χ2v) is 6.05. The lowest BCUT2D eigenvalue weighted by molar-refractivity contribution is -0.112. The number of benzene rings is 2. The van der Waals surface area contributed by atoms with E-state index < -0.39 is 5.91 Å². The third-order valence-corrected chi connectivity index (χ3v) is 4.14. The molecular formula is C20H20ClN3O2. The topological polar surface area (TPSA) is 74.1 Å². The van der Waals surface area contributed by atoms with Crippen molar-refractivity contribution in [1.82, 2.24) is 5.32 Å². The summed E-state index contributed by atoms with van der Waals surface area (Å²) in [5.41, 5.74) is 2.55. The van der Waals surface area contributed by atoms with Crippen LogP contribution in [-0.4, -0.2) is 19.6 Å². The predicted molar refractivity (Wildman–Crippen MR) is 103 cm³/mol. The van der Waals surface area contributed by atoms with Crippen molar-refractivity contribution in [1.29, 1.82) is 5.26 Å². The first-order valence-electron chi connectivity index (χ1n) is 8.07. The quantitative estimate of drug-likeness (QED) is 0.442. The first-order chi connectivity index (χ1) is 12.5. The predicted octanol–water partition coefficient (Wildman–Crippen LogP) is 3.84. The average Bonchev–Trinajstić information content (AvgIpc) is 2.65. The Balaban J connectivity index is 1.91. The summed E-state index contributed by atoms with van der Waals surface area (Å²) in [7, 11) is 1.62. The monoisotopic (exact) mass is 369 g/mol. The Bertz CT molecular complexity index is 856. The molecule has 0 unspecified atom stereocenters. The zero-order valence-corrected chi connectivity index (χ0v) is 15.4. The summed E-state index contributed by atoms with van der Waals surface area (Å²) in [5, 5.41) is 15.4. The highest BCUT2D eigenvalue weighted by atomic mass is 35.5. The number of hydrogen-bond acceptors (Lipinski definition) is 4. The van der Waals surface area contributed by atoms with Crippen LogP contribution in [0.15, 0.2) is 54.2 Å². The molecule has 2 aromatic carbocycles. The second kappa shape index (κ2) is 9.50. The van der Waals surface area contributed by atoms with Crippen molar-refractivity contribution < 1.29 is 9.53 Å². The van der Waals surface area contributed by atoms with Crippen molar-refractivity contribution >= 4 is 23.2 Å². The Labute approximate surface area is 158 Å². The highest BCUT2D eigenvalue weighted by Gasteiger charge is 2.09. The molecule has 5 nitrogen and oxygen atoms in total. The van der Waals surface area contributed by atoms with Gasteiger partial charge in [0.2, 0.25) is 0 Å². The van der Waals surface area contributed by atoms with E-state index in [9.17, 15) is 10.1 Å². The van der Waals surface area contributed by atoms with Crippen LogP contribution in [0.1, 0.15) is 11.1 Å². The van der Waals surface area contributed by atoms with E-state index in [4.69, 9.17) is 16.3 Å². The average molecular weight is 370 g/mol. The van der Waals surface area contributed by atoms with Gasteiger partial charge in [-0.15, -0.1) is 0 Å². The van der Waals surface area contributed by atoms with Crippen LogP contribution in [-0.2, 0) is 11.2 Å². The maximum atomic E-state index is 12.2. The van der Waals surface area contributed by atoms with Crippen LogP contribution in [0.4, 0.5) is 5.69 Å². The number of methoxy groups -OCH3 is 1. The number of carbonyl (C=O) groups excluding carboxylic acids is 1. The molecule has 0 fully saturated rings. The fraction of sp³-hybridized carbons (Fsp3) is 0.200. The first kappa shape index (κ1) is 19.4. The molecule has 0 saturated heterocycles. The number of aryl methyl sites for hydroxylation is 1. The first-order valence-corrected chi connectivity index (χ1v) is 8.45. The molecule has 0 aromatic heterocycles. The number of nitrogens with zero attached hydrogens (tertiary/aromatic N) is 1. The number of nitriles is 1. The highest BCUT2D eigenvalue weighted by molar-refractivity contribution is 6.31. The van der Waals surface area contributed by atoms with E-state index in [0.29, 0.717) is 17.3 Å². The minimum Gasteiger partial charge on any atom is -0.497 e. The number of rotatable bonds is 7. The molecule has 26 heavy (non-hydrogen) atoms. The summed E-state index contributed by atoms with van der Waals surface area (Å²) in [6.45, 7) is 2.46. The van der Waals surface area contributed by atoms with Gasteiger partial charge in [0.15, 0.2) is 0 Å². The number of ether oxygens (including phenoxy) is 1. The Hall–Kier alpha value is -2.97. The van der Waals surface area contributed by atoms with Crippen LogP contribution in [0.2, 0.25) is 5.02 Å². The van der Waals surface area contributed by atoms with Crippen molar-refractivity contribution in [2.45, 2.75) is 13.3 Å². The van der Waals surface area contributed by atoms with Gasteiger partial charge in [-0.05, 0) is 48.7 Å². The summed E-state index contributed by atoms with van der Waals surface area (Å²) < 4.78 is 5.18. The van der Waals surface area contributed by atoms with Crippen LogP contribution in [0, 0.1) is 18.3 Å². The van der Waals surface area contributed by atoms with Gasteiger partial charge in [0.05, 0.1) is 7.11 Å². The largest absolute Gasteiger partial charge is 0.497 e.